The lowest BCUT2D eigenvalue weighted by atomic mass is 10.1. The zero-order chi connectivity index (χ0) is 10.8. The highest BCUT2D eigenvalue weighted by Gasteiger charge is 2.24. The van der Waals surface area contributed by atoms with Crippen LogP contribution >= 0.6 is 22.9 Å². The van der Waals surface area contributed by atoms with Crippen LogP contribution in [0, 0.1) is 0 Å². The number of halogens is 1. The topological polar surface area (TPSA) is 15.3 Å². The summed E-state index contributed by atoms with van der Waals surface area (Å²) in [7, 11) is 0. The van der Waals surface area contributed by atoms with E-state index in [-0.39, 0.29) is 0 Å². The summed E-state index contributed by atoms with van der Waals surface area (Å²) < 4.78 is 0.890. The number of rotatable bonds is 2. The Morgan fingerprint density at radius 2 is 2.33 bits per heavy atom. The van der Waals surface area contributed by atoms with Gasteiger partial charge in [-0.3, -0.25) is 4.90 Å². The quantitative estimate of drug-likeness (QED) is 0.861. The number of thiophene rings is 1. The molecule has 2 nitrogen and oxygen atoms in total. The summed E-state index contributed by atoms with van der Waals surface area (Å²) in [5, 5.41) is 3.49. The molecule has 1 aliphatic heterocycles. The van der Waals surface area contributed by atoms with Gasteiger partial charge in [0.05, 0.1) is 4.34 Å². The van der Waals surface area contributed by atoms with E-state index >= 15 is 0 Å². The van der Waals surface area contributed by atoms with Crippen LogP contribution in [-0.2, 0) is 6.54 Å². The van der Waals surface area contributed by atoms with Crippen LogP contribution in [0.4, 0.5) is 0 Å². The van der Waals surface area contributed by atoms with Crippen molar-refractivity contribution in [3.05, 3.63) is 21.3 Å². The Bertz CT molecular complexity index is 326. The molecule has 1 saturated heterocycles. The molecule has 1 aliphatic rings. The highest BCUT2D eigenvalue weighted by molar-refractivity contribution is 7.16. The van der Waals surface area contributed by atoms with Gasteiger partial charge in [-0.05, 0) is 26.0 Å². The third kappa shape index (κ3) is 2.72. The smallest absolute Gasteiger partial charge is 0.0931 e. The fourth-order valence-corrected chi connectivity index (χ4v) is 3.10. The van der Waals surface area contributed by atoms with Crippen molar-refractivity contribution in [2.24, 2.45) is 0 Å². The van der Waals surface area contributed by atoms with Gasteiger partial charge < -0.3 is 5.32 Å². The lowest BCUT2D eigenvalue weighted by Crippen LogP contribution is -2.54. The van der Waals surface area contributed by atoms with E-state index in [9.17, 15) is 0 Å². The minimum Gasteiger partial charge on any atom is -0.311 e. The molecule has 4 heteroatoms. The number of nitrogens with zero attached hydrogens (tertiary/aromatic N) is 1. The van der Waals surface area contributed by atoms with Crippen LogP contribution in [0.2, 0.25) is 4.34 Å². The first kappa shape index (κ1) is 11.4. The van der Waals surface area contributed by atoms with E-state index < -0.39 is 0 Å². The first-order chi connectivity index (χ1) is 7.16. The first-order valence-corrected chi connectivity index (χ1v) is 6.58. The van der Waals surface area contributed by atoms with Gasteiger partial charge in [0.1, 0.15) is 0 Å². The van der Waals surface area contributed by atoms with Crippen molar-refractivity contribution in [2.45, 2.75) is 32.5 Å². The fourth-order valence-electron chi connectivity index (χ4n) is 1.99. The Balaban J connectivity index is 1.99. The average molecular weight is 245 g/mol. The van der Waals surface area contributed by atoms with Gasteiger partial charge in [-0.25, -0.2) is 0 Å². The second kappa shape index (κ2) is 4.83. The van der Waals surface area contributed by atoms with Crippen LogP contribution in [-0.4, -0.2) is 30.1 Å². The Kier molecular flexibility index (Phi) is 3.67. The summed E-state index contributed by atoms with van der Waals surface area (Å²) in [5.74, 6) is 0. The van der Waals surface area contributed by atoms with E-state index in [4.69, 9.17) is 11.6 Å². The van der Waals surface area contributed by atoms with Crippen LogP contribution in [0.15, 0.2) is 12.1 Å². The minimum absolute atomic E-state index is 0.578. The summed E-state index contributed by atoms with van der Waals surface area (Å²) in [4.78, 5) is 3.88. The third-order valence-corrected chi connectivity index (χ3v) is 4.37. The molecule has 1 fully saturated rings. The third-order valence-electron chi connectivity index (χ3n) is 3.15. The standard InChI is InChI=1S/C11H17ClN2S/c1-8-9(2)14(6-5-13-8)7-10-3-4-11(12)15-10/h3-4,8-9,13H,5-7H2,1-2H3. The van der Waals surface area contributed by atoms with E-state index in [0.29, 0.717) is 12.1 Å². The lowest BCUT2D eigenvalue weighted by Gasteiger charge is -2.38. The van der Waals surface area contributed by atoms with Gasteiger partial charge in [0, 0.05) is 36.6 Å². The molecule has 1 aromatic rings. The minimum atomic E-state index is 0.578. The summed E-state index contributed by atoms with van der Waals surface area (Å²) >= 11 is 7.62. The predicted molar refractivity (Wildman–Crippen MR) is 66.7 cm³/mol. The largest absolute Gasteiger partial charge is 0.311 e. The monoisotopic (exact) mass is 244 g/mol. The Labute approximate surface area is 100 Å². The lowest BCUT2D eigenvalue weighted by molar-refractivity contribution is 0.132. The number of hydrogen-bond acceptors (Lipinski definition) is 3. The Morgan fingerprint density at radius 3 is 3.00 bits per heavy atom. The molecule has 2 atom stereocenters. The van der Waals surface area contributed by atoms with Crippen LogP contribution in [0.3, 0.4) is 0 Å². The predicted octanol–water partition coefficient (Wildman–Crippen LogP) is 2.58. The SMILES string of the molecule is CC1NCCN(Cc2ccc(Cl)s2)C1C. The van der Waals surface area contributed by atoms with E-state index in [0.717, 1.165) is 24.0 Å². The van der Waals surface area contributed by atoms with Gasteiger partial charge >= 0.3 is 0 Å². The zero-order valence-electron chi connectivity index (χ0n) is 9.16. The average Bonchev–Trinajstić information content (AvgIpc) is 2.59. The van der Waals surface area contributed by atoms with Gasteiger partial charge in [-0.1, -0.05) is 11.6 Å². The van der Waals surface area contributed by atoms with Gasteiger partial charge in [-0.15, -0.1) is 11.3 Å². The molecule has 2 heterocycles. The van der Waals surface area contributed by atoms with E-state index in [1.165, 1.54) is 4.88 Å². The highest BCUT2D eigenvalue weighted by atomic mass is 35.5. The molecule has 2 unspecified atom stereocenters. The number of nitrogens with one attached hydrogen (secondary N) is 1. The van der Waals surface area contributed by atoms with Crippen LogP contribution < -0.4 is 5.32 Å². The first-order valence-electron chi connectivity index (χ1n) is 5.38. The number of hydrogen-bond donors (Lipinski definition) is 1. The zero-order valence-corrected chi connectivity index (χ0v) is 10.7. The van der Waals surface area contributed by atoms with E-state index in [1.54, 1.807) is 11.3 Å². The van der Waals surface area contributed by atoms with E-state index in [1.807, 2.05) is 6.07 Å². The molecule has 0 bridgehead atoms. The van der Waals surface area contributed by atoms with Crippen LogP contribution in [0.1, 0.15) is 18.7 Å². The van der Waals surface area contributed by atoms with Crippen molar-refractivity contribution < 1.29 is 0 Å². The molecule has 1 aromatic heterocycles. The van der Waals surface area contributed by atoms with Crippen LogP contribution in [0.5, 0.6) is 0 Å². The summed E-state index contributed by atoms with van der Waals surface area (Å²) in [6.07, 6.45) is 0. The molecule has 2 rings (SSSR count). The van der Waals surface area contributed by atoms with Crippen molar-refractivity contribution in [3.8, 4) is 0 Å². The Hall–Kier alpha value is -0.0900. The van der Waals surface area contributed by atoms with Crippen molar-refractivity contribution in [3.63, 3.8) is 0 Å². The molecule has 0 aromatic carbocycles. The molecule has 0 radical (unpaired) electrons. The molecule has 0 saturated carbocycles. The summed E-state index contributed by atoms with van der Waals surface area (Å²) in [6, 6.07) is 5.29. The fraction of sp³-hybridized carbons (Fsp3) is 0.636. The molecular formula is C11H17ClN2S. The number of piperazine rings is 1. The Morgan fingerprint density at radius 1 is 1.53 bits per heavy atom. The second-order valence-corrected chi connectivity index (χ2v) is 5.96. The molecule has 0 amide bonds. The van der Waals surface area contributed by atoms with Crippen molar-refractivity contribution in [1.29, 1.82) is 0 Å². The second-order valence-electron chi connectivity index (χ2n) is 4.16. The van der Waals surface area contributed by atoms with Gasteiger partial charge in [-0.2, -0.15) is 0 Å². The molecule has 0 spiro atoms. The van der Waals surface area contributed by atoms with Gasteiger partial charge in [0.2, 0.25) is 0 Å². The highest BCUT2D eigenvalue weighted by Crippen LogP contribution is 2.24. The maximum absolute atomic E-state index is 5.93. The van der Waals surface area contributed by atoms with Gasteiger partial charge in [0.15, 0.2) is 0 Å². The van der Waals surface area contributed by atoms with E-state index in [2.05, 4.69) is 30.1 Å². The molecular weight excluding hydrogens is 228 g/mol. The molecule has 15 heavy (non-hydrogen) atoms. The van der Waals surface area contributed by atoms with Crippen molar-refractivity contribution >= 4 is 22.9 Å². The van der Waals surface area contributed by atoms with Crippen molar-refractivity contribution in [2.75, 3.05) is 13.1 Å². The normalized spacial score (nSPS) is 28.2. The molecule has 84 valence electrons. The summed E-state index contributed by atoms with van der Waals surface area (Å²) in [5.41, 5.74) is 0. The summed E-state index contributed by atoms with van der Waals surface area (Å²) in [6.45, 7) is 7.78. The molecule has 1 N–H and O–H groups in total. The van der Waals surface area contributed by atoms with Crippen molar-refractivity contribution in [1.82, 2.24) is 10.2 Å². The maximum atomic E-state index is 5.93. The van der Waals surface area contributed by atoms with Crippen LogP contribution in [0.25, 0.3) is 0 Å². The molecule has 0 aliphatic carbocycles. The maximum Gasteiger partial charge on any atom is 0.0931 e. The van der Waals surface area contributed by atoms with Gasteiger partial charge in [0.25, 0.3) is 0 Å².